The van der Waals surface area contributed by atoms with Crippen LogP contribution in [0.15, 0.2) is 53.9 Å². The highest BCUT2D eigenvalue weighted by molar-refractivity contribution is 7.18. The van der Waals surface area contributed by atoms with Crippen molar-refractivity contribution in [1.82, 2.24) is 9.97 Å². The second-order valence-electron chi connectivity index (χ2n) is 6.01. The summed E-state index contributed by atoms with van der Waals surface area (Å²) in [5.74, 6) is 0. The van der Waals surface area contributed by atoms with Crippen LogP contribution in [0.25, 0.3) is 20.8 Å². The van der Waals surface area contributed by atoms with Crippen LogP contribution < -0.4 is 4.90 Å². The first-order valence-electron chi connectivity index (χ1n) is 8.04. The van der Waals surface area contributed by atoms with Gasteiger partial charge in [0.25, 0.3) is 0 Å². The molecule has 0 aliphatic carbocycles. The highest BCUT2D eigenvalue weighted by atomic mass is 35.5. The van der Waals surface area contributed by atoms with Gasteiger partial charge in [0, 0.05) is 10.9 Å². The van der Waals surface area contributed by atoms with E-state index in [0.29, 0.717) is 0 Å². The molecule has 0 saturated heterocycles. The van der Waals surface area contributed by atoms with E-state index in [1.807, 2.05) is 30.3 Å². The van der Waals surface area contributed by atoms with E-state index in [9.17, 15) is 0 Å². The van der Waals surface area contributed by atoms with E-state index in [1.54, 1.807) is 22.7 Å². The van der Waals surface area contributed by atoms with Crippen LogP contribution in [0, 0.1) is 0 Å². The maximum absolute atomic E-state index is 6.27. The number of para-hydroxylation sites is 1. The molecular weight excluding hydrogens is 370 g/mol. The third-order valence-corrected chi connectivity index (χ3v) is 6.22. The summed E-state index contributed by atoms with van der Waals surface area (Å²) in [5.41, 5.74) is 3.19. The number of halogens is 1. The Labute approximate surface area is 159 Å². The Morgan fingerprint density at radius 1 is 1.00 bits per heavy atom. The third kappa shape index (κ3) is 3.75. The molecule has 1 atom stereocenters. The van der Waals surface area contributed by atoms with Crippen molar-refractivity contribution >= 4 is 44.5 Å². The van der Waals surface area contributed by atoms with Gasteiger partial charge in [0.05, 0.1) is 22.3 Å². The average Bonchev–Trinajstić information content (AvgIpc) is 3.21. The number of benzene rings is 2. The number of hydrogen-bond donors (Lipinski definition) is 1. The minimum absolute atomic E-state index is 0.749. The molecule has 3 nitrogen and oxygen atoms in total. The standard InChI is InChI=1S/C19H16ClN3S2/c1-23(11-18-22-16-8-4-5-9-17(16)25-18)10-13-12-24-19(21-13)14-6-2-3-7-15(14)20/h2-9,12H,10-11H2,1H3/p+1. The van der Waals surface area contributed by atoms with Crippen molar-refractivity contribution in [1.29, 1.82) is 0 Å². The first-order chi connectivity index (χ1) is 12.2. The molecule has 25 heavy (non-hydrogen) atoms. The fraction of sp³-hybridized carbons (Fsp3) is 0.158. The van der Waals surface area contributed by atoms with Crippen LogP contribution in [-0.4, -0.2) is 17.0 Å². The second kappa shape index (κ2) is 7.22. The van der Waals surface area contributed by atoms with E-state index in [1.165, 1.54) is 14.6 Å². The summed E-state index contributed by atoms with van der Waals surface area (Å²) in [6, 6.07) is 16.2. The smallest absolute Gasteiger partial charge is 0.148 e. The number of nitrogens with one attached hydrogen (secondary N) is 1. The molecule has 0 bridgehead atoms. The van der Waals surface area contributed by atoms with Crippen LogP contribution >= 0.6 is 34.3 Å². The molecule has 0 aliphatic rings. The highest BCUT2D eigenvalue weighted by Gasteiger charge is 2.13. The molecule has 2 heterocycles. The van der Waals surface area contributed by atoms with Gasteiger partial charge in [-0.2, -0.15) is 0 Å². The summed E-state index contributed by atoms with van der Waals surface area (Å²) in [4.78, 5) is 10.9. The maximum Gasteiger partial charge on any atom is 0.148 e. The molecule has 4 rings (SSSR count). The molecular formula is C19H17ClN3S2+. The van der Waals surface area contributed by atoms with Crippen molar-refractivity contribution in [2.75, 3.05) is 7.05 Å². The normalized spacial score (nSPS) is 12.6. The van der Waals surface area contributed by atoms with E-state index in [4.69, 9.17) is 21.6 Å². The zero-order valence-corrected chi connectivity index (χ0v) is 16.1. The van der Waals surface area contributed by atoms with Gasteiger partial charge in [-0.3, -0.25) is 0 Å². The molecule has 0 fully saturated rings. The lowest BCUT2D eigenvalue weighted by molar-refractivity contribution is -0.907. The quantitative estimate of drug-likeness (QED) is 0.554. The van der Waals surface area contributed by atoms with Crippen molar-refractivity contribution in [3.63, 3.8) is 0 Å². The second-order valence-corrected chi connectivity index (χ2v) is 8.39. The van der Waals surface area contributed by atoms with Gasteiger partial charge < -0.3 is 4.90 Å². The topological polar surface area (TPSA) is 30.2 Å². The monoisotopic (exact) mass is 386 g/mol. The molecule has 2 aromatic carbocycles. The lowest BCUT2D eigenvalue weighted by Gasteiger charge is -2.10. The zero-order chi connectivity index (χ0) is 17.2. The summed E-state index contributed by atoms with van der Waals surface area (Å²) >= 11 is 9.69. The SMILES string of the molecule is C[NH+](Cc1csc(-c2ccccc2Cl)n1)Cc1nc2ccccc2s1. The predicted octanol–water partition coefficient (Wildman–Crippen LogP) is 4.29. The lowest BCUT2D eigenvalue weighted by atomic mass is 10.2. The molecule has 1 unspecified atom stereocenters. The first kappa shape index (κ1) is 16.7. The molecule has 6 heteroatoms. The van der Waals surface area contributed by atoms with E-state index in [-0.39, 0.29) is 0 Å². The fourth-order valence-electron chi connectivity index (χ4n) is 2.77. The van der Waals surface area contributed by atoms with Gasteiger partial charge in [-0.15, -0.1) is 22.7 Å². The van der Waals surface area contributed by atoms with Crippen molar-refractivity contribution in [2.45, 2.75) is 13.1 Å². The minimum Gasteiger partial charge on any atom is -0.327 e. The van der Waals surface area contributed by atoms with Gasteiger partial charge >= 0.3 is 0 Å². The van der Waals surface area contributed by atoms with E-state index < -0.39 is 0 Å². The van der Waals surface area contributed by atoms with Gasteiger partial charge in [0.1, 0.15) is 28.8 Å². The zero-order valence-electron chi connectivity index (χ0n) is 13.7. The first-order valence-corrected chi connectivity index (χ1v) is 10.1. The molecule has 1 N–H and O–H groups in total. The number of nitrogens with zero attached hydrogens (tertiary/aromatic N) is 2. The van der Waals surface area contributed by atoms with Crippen LogP contribution in [0.1, 0.15) is 10.7 Å². The molecule has 2 aromatic heterocycles. The number of hydrogen-bond acceptors (Lipinski definition) is 4. The van der Waals surface area contributed by atoms with Crippen LogP contribution in [0.5, 0.6) is 0 Å². The van der Waals surface area contributed by atoms with Crippen molar-refractivity contribution in [3.05, 3.63) is 69.6 Å². The number of aromatic nitrogens is 2. The van der Waals surface area contributed by atoms with Gasteiger partial charge in [-0.25, -0.2) is 9.97 Å². The van der Waals surface area contributed by atoms with E-state index in [0.717, 1.165) is 39.9 Å². The number of fused-ring (bicyclic) bond motifs is 1. The van der Waals surface area contributed by atoms with Gasteiger partial charge in [0.2, 0.25) is 0 Å². The Morgan fingerprint density at radius 2 is 1.80 bits per heavy atom. The fourth-order valence-corrected chi connectivity index (χ4v) is 4.99. The Morgan fingerprint density at radius 3 is 2.64 bits per heavy atom. The largest absolute Gasteiger partial charge is 0.327 e. The minimum atomic E-state index is 0.749. The van der Waals surface area contributed by atoms with E-state index in [2.05, 4.69) is 30.6 Å². The summed E-state index contributed by atoms with van der Waals surface area (Å²) in [5, 5.41) is 5.02. The van der Waals surface area contributed by atoms with Crippen molar-refractivity contribution in [2.24, 2.45) is 0 Å². The Balaban J connectivity index is 1.46. The molecule has 0 saturated carbocycles. The molecule has 126 valence electrons. The Bertz CT molecular complexity index is 976. The highest BCUT2D eigenvalue weighted by Crippen LogP contribution is 2.29. The maximum atomic E-state index is 6.27. The van der Waals surface area contributed by atoms with Gasteiger partial charge in [-0.05, 0) is 18.2 Å². The third-order valence-electron chi connectivity index (χ3n) is 3.93. The lowest BCUT2D eigenvalue weighted by Crippen LogP contribution is -3.06. The van der Waals surface area contributed by atoms with Gasteiger partial charge in [-0.1, -0.05) is 41.9 Å². The van der Waals surface area contributed by atoms with Gasteiger partial charge in [0.15, 0.2) is 0 Å². The van der Waals surface area contributed by atoms with Crippen LogP contribution in [-0.2, 0) is 13.1 Å². The molecule has 0 amide bonds. The molecule has 0 spiro atoms. The number of quaternary nitrogens is 1. The average molecular weight is 387 g/mol. The predicted molar refractivity (Wildman–Crippen MR) is 106 cm³/mol. The summed E-state index contributed by atoms with van der Waals surface area (Å²) in [6.45, 7) is 1.77. The van der Waals surface area contributed by atoms with Crippen LogP contribution in [0.3, 0.4) is 0 Å². The summed E-state index contributed by atoms with van der Waals surface area (Å²) < 4.78 is 1.25. The summed E-state index contributed by atoms with van der Waals surface area (Å²) in [6.07, 6.45) is 0. The summed E-state index contributed by atoms with van der Waals surface area (Å²) in [7, 11) is 2.18. The van der Waals surface area contributed by atoms with Crippen LogP contribution in [0.2, 0.25) is 5.02 Å². The number of rotatable bonds is 5. The van der Waals surface area contributed by atoms with E-state index >= 15 is 0 Å². The molecule has 0 radical (unpaired) electrons. The number of thiazole rings is 2. The van der Waals surface area contributed by atoms with Crippen molar-refractivity contribution in [3.8, 4) is 10.6 Å². The molecule has 0 aliphatic heterocycles. The molecule has 4 aromatic rings. The van der Waals surface area contributed by atoms with Crippen LogP contribution in [0.4, 0.5) is 0 Å². The Kier molecular flexibility index (Phi) is 4.81. The van der Waals surface area contributed by atoms with Crippen molar-refractivity contribution < 1.29 is 4.90 Å². The Hall–Kier alpha value is -1.79.